The number of hydrogen-bond acceptors (Lipinski definition) is 31. The number of carboxylic acid groups (broad SMARTS) is 1. The molecule has 3 aromatic carbocycles. The lowest BCUT2D eigenvalue weighted by atomic mass is 9.94. The number of pyridine rings is 3. The molecule has 0 aliphatic heterocycles. The maximum absolute atomic E-state index is 13.7. The molecule has 128 heavy (non-hydrogen) atoms. The molecule has 5 unspecified atom stereocenters. The standard InChI is InChI=1S/2C31H38N2O9.C23H27NO8.C8H13NO2.ClH/c2*1-8-17-16-31(17,29(37)40-9-2)33-26(34)21-12-19(13-22(21)27(35)42-30(3,4)5)41-25-15-24(28(36)39-7)32-23-14-18(38-6)10-11-20(23)25;1-23(2,3)32-21(27)16-9-13(8-15(16)20(25)26)31-19-11-18(22(28)30-5)24-17-10-12(29-4)6-7-14(17)19;1-3-6-5-8(6,9)7(10)11-4-2;/h2*8,10-11,14-15,17,19,21-22H,1,9,12-13,16H2,2-7H3,(H,33,34);6-7,10-11,13,15-16H,8-9H2,1-5H3,(H,25,26);3,6H,1,4-5,9H2,2H3;1H/t17-,19+,21+,22?,31+;17-,19-,21-,22?,31-;13-,15-,16?;;/m011../s1. The summed E-state index contributed by atoms with van der Waals surface area (Å²) in [7, 11) is 8.32. The SMILES string of the molecule is C=CC1CC1(N)C(=O)OCC.C=C[C@@H]1C[C@]1(NC(=O)[C@@H]1C[C@@H](Oc2cc(C(=O)OC)nc3cc(OC)ccc23)CC1C(=O)OC(C)(C)C)C(=O)OCC.C=C[C@H]1C[C@]1(NC(=O)[C@@H]1C[C@@H](Oc2cc(C(=O)OC)nc3cc(OC)ccc23)CC1C(=O)OC(C)(C)C)C(=O)OCC.COC(=O)c1cc(O[C@H]2CC(C(=O)OC(C)(C)C)[C@H](C(=O)O)C2)c2ccc(OC)cc2n1.Cl. The van der Waals surface area contributed by atoms with Crippen LogP contribution in [0.1, 0.15) is 172 Å². The minimum Gasteiger partial charge on any atom is -0.497 e. The third-order valence-corrected chi connectivity index (χ3v) is 22.2. The smallest absolute Gasteiger partial charge is 0.356 e. The Morgan fingerprint density at radius 3 is 0.953 bits per heavy atom. The van der Waals surface area contributed by atoms with E-state index in [0.717, 1.165) is 0 Å². The largest absolute Gasteiger partial charge is 0.497 e. The lowest BCUT2D eigenvalue weighted by molar-refractivity contribution is -0.165. The Morgan fingerprint density at radius 2 is 0.703 bits per heavy atom. The van der Waals surface area contributed by atoms with Crippen molar-refractivity contribution in [3.05, 3.63) is 128 Å². The summed E-state index contributed by atoms with van der Waals surface area (Å²) >= 11 is 0. The monoisotopic (exact) mass is 1800 g/mol. The third-order valence-electron chi connectivity index (χ3n) is 22.2. The molecular formula is C93H117ClN6O28. The number of nitrogens with one attached hydrogen (secondary N) is 2. The van der Waals surface area contributed by atoms with Gasteiger partial charge in [0.05, 0.1) is 115 Å². The summed E-state index contributed by atoms with van der Waals surface area (Å²) < 4.78 is 81.3. The van der Waals surface area contributed by atoms with Crippen molar-refractivity contribution in [2.24, 2.45) is 59.0 Å². The predicted molar refractivity (Wildman–Crippen MR) is 467 cm³/mol. The van der Waals surface area contributed by atoms with Gasteiger partial charge in [0, 0.05) is 70.3 Å². The number of carboxylic acids is 1. The van der Waals surface area contributed by atoms with E-state index >= 15 is 0 Å². The summed E-state index contributed by atoms with van der Waals surface area (Å²) in [4.78, 5) is 165. The Bertz CT molecular complexity index is 4980. The molecule has 35 heteroatoms. The molecule has 0 spiro atoms. The maximum Gasteiger partial charge on any atom is 0.356 e. The number of carbonyl (C=O) groups excluding carboxylic acids is 11. The Balaban J connectivity index is 0.000000224. The van der Waals surface area contributed by atoms with Crippen molar-refractivity contribution in [3.8, 4) is 34.5 Å². The Hall–Kier alpha value is -12.2. The van der Waals surface area contributed by atoms with Crippen LogP contribution >= 0.6 is 12.4 Å². The van der Waals surface area contributed by atoms with Crippen molar-refractivity contribution in [2.75, 3.05) is 62.5 Å². The van der Waals surface area contributed by atoms with E-state index < -0.39 is 153 Å². The van der Waals surface area contributed by atoms with Gasteiger partial charge in [0.1, 0.15) is 86.2 Å². The van der Waals surface area contributed by atoms with Crippen LogP contribution in [-0.4, -0.2) is 206 Å². The van der Waals surface area contributed by atoms with Gasteiger partial charge in [-0.3, -0.25) is 33.6 Å². The number of carbonyl (C=O) groups is 12. The molecule has 0 saturated heterocycles. The first-order chi connectivity index (χ1) is 59.9. The van der Waals surface area contributed by atoms with Crippen LogP contribution in [0.25, 0.3) is 32.7 Å². The van der Waals surface area contributed by atoms with Gasteiger partial charge in [0.25, 0.3) is 0 Å². The van der Waals surface area contributed by atoms with Gasteiger partial charge < -0.3 is 92.5 Å². The Labute approximate surface area is 748 Å². The van der Waals surface area contributed by atoms with Gasteiger partial charge in [0.2, 0.25) is 11.8 Å². The number of esters is 9. The summed E-state index contributed by atoms with van der Waals surface area (Å²) in [6, 6.07) is 19.9. The molecule has 6 aliphatic carbocycles. The number of benzene rings is 3. The van der Waals surface area contributed by atoms with E-state index in [1.807, 2.05) is 0 Å². The van der Waals surface area contributed by atoms with E-state index in [2.05, 4.69) is 45.3 Å². The number of amides is 2. The number of halogens is 1. The molecule has 3 heterocycles. The first kappa shape index (κ1) is 101. The Morgan fingerprint density at radius 1 is 0.422 bits per heavy atom. The van der Waals surface area contributed by atoms with Gasteiger partial charge in [-0.05, 0) is 177 Å². The fraction of sp³-hybridized carbons (Fsp3) is 0.516. The van der Waals surface area contributed by atoms with Crippen LogP contribution in [0.15, 0.2) is 111 Å². The number of hydrogen-bond donors (Lipinski definition) is 4. The van der Waals surface area contributed by atoms with Gasteiger partial charge in [0.15, 0.2) is 17.1 Å². The van der Waals surface area contributed by atoms with Crippen LogP contribution in [-0.2, 0) is 85.8 Å². The topological polar surface area (TPSA) is 452 Å². The number of ether oxygens (including phenoxy) is 15. The molecule has 6 saturated carbocycles. The minimum absolute atomic E-state index is 0. The van der Waals surface area contributed by atoms with Crippen LogP contribution in [0.5, 0.6) is 34.5 Å². The van der Waals surface area contributed by atoms with Crippen LogP contribution in [0.2, 0.25) is 0 Å². The summed E-state index contributed by atoms with van der Waals surface area (Å²) in [6.07, 6.45) is 5.61. The van der Waals surface area contributed by atoms with Crippen LogP contribution < -0.4 is 44.8 Å². The highest BCUT2D eigenvalue weighted by atomic mass is 35.5. The Kier molecular flexibility index (Phi) is 33.3. The molecule has 6 fully saturated rings. The van der Waals surface area contributed by atoms with Crippen LogP contribution in [0.4, 0.5) is 0 Å². The molecule has 0 bridgehead atoms. The number of nitrogens with zero attached hydrogens (tertiary/aromatic N) is 3. The number of nitrogens with two attached hydrogens (primary N) is 1. The number of fused-ring (bicyclic) bond motifs is 3. The molecule has 6 aliphatic rings. The summed E-state index contributed by atoms with van der Waals surface area (Å²) in [5, 5.41) is 17.2. The third kappa shape index (κ3) is 24.4. The molecular weight excluding hydrogens is 1680 g/mol. The van der Waals surface area contributed by atoms with Crippen LogP contribution in [0, 0.1) is 53.3 Å². The molecule has 34 nitrogen and oxygen atoms in total. The average molecular weight is 1800 g/mol. The summed E-state index contributed by atoms with van der Waals surface area (Å²) in [5.74, 6) is -9.79. The lowest BCUT2D eigenvalue weighted by Crippen LogP contribution is -2.49. The van der Waals surface area contributed by atoms with Crippen molar-refractivity contribution in [2.45, 2.75) is 193 Å². The zero-order chi connectivity index (χ0) is 93.8. The highest BCUT2D eigenvalue weighted by molar-refractivity contribution is 5.99. The normalized spacial score (nSPS) is 24.4. The van der Waals surface area contributed by atoms with Crippen molar-refractivity contribution in [1.82, 2.24) is 25.6 Å². The maximum atomic E-state index is 13.7. The van der Waals surface area contributed by atoms with Gasteiger partial charge in [-0.25, -0.2) is 38.9 Å². The van der Waals surface area contributed by atoms with Crippen molar-refractivity contribution >= 4 is 117 Å². The van der Waals surface area contributed by atoms with E-state index in [1.165, 1.54) is 60.9 Å². The summed E-state index contributed by atoms with van der Waals surface area (Å²) in [5.41, 5.74) is 1.70. The van der Waals surface area contributed by atoms with E-state index in [4.69, 9.17) is 76.8 Å². The number of aliphatic carboxylic acids is 1. The number of rotatable bonds is 29. The van der Waals surface area contributed by atoms with Crippen LogP contribution in [0.3, 0.4) is 0 Å². The molecule has 694 valence electrons. The first-order valence-electron chi connectivity index (χ1n) is 41.8. The average Bonchev–Trinajstić information content (AvgIpc) is 1.59. The fourth-order valence-electron chi connectivity index (χ4n) is 15.6. The fourth-order valence-corrected chi connectivity index (χ4v) is 15.6. The predicted octanol–water partition coefficient (Wildman–Crippen LogP) is 11.6. The first-order valence-corrected chi connectivity index (χ1v) is 41.8. The number of aromatic nitrogens is 3. The second kappa shape index (κ2) is 42.2. The molecule has 0 radical (unpaired) electrons. The zero-order valence-electron chi connectivity index (χ0n) is 75.5. The van der Waals surface area contributed by atoms with Crippen molar-refractivity contribution in [3.63, 3.8) is 0 Å². The van der Waals surface area contributed by atoms with Gasteiger partial charge >= 0.3 is 59.7 Å². The molecule has 3 aromatic heterocycles. The second-order valence-electron chi connectivity index (χ2n) is 34.6. The highest BCUT2D eigenvalue weighted by Crippen LogP contribution is 2.50. The van der Waals surface area contributed by atoms with E-state index in [9.17, 15) is 62.6 Å². The lowest BCUT2D eigenvalue weighted by Gasteiger charge is -2.25. The van der Waals surface area contributed by atoms with Crippen molar-refractivity contribution in [1.29, 1.82) is 0 Å². The molecule has 12 rings (SSSR count). The second-order valence-corrected chi connectivity index (χ2v) is 34.6. The minimum atomic E-state index is -1.21. The molecule has 15 atom stereocenters. The highest BCUT2D eigenvalue weighted by Gasteiger charge is 2.64. The van der Waals surface area contributed by atoms with Gasteiger partial charge in [-0.15, -0.1) is 32.1 Å². The summed E-state index contributed by atoms with van der Waals surface area (Å²) in [6.45, 7) is 32.7. The van der Waals surface area contributed by atoms with E-state index in [0.29, 0.717) is 93.1 Å². The molecule has 2 amide bonds. The molecule has 5 N–H and O–H groups in total. The van der Waals surface area contributed by atoms with E-state index in [-0.39, 0.29) is 105 Å². The van der Waals surface area contributed by atoms with Gasteiger partial charge in [-0.1, -0.05) is 18.2 Å². The van der Waals surface area contributed by atoms with Crippen molar-refractivity contribution < 1.29 is 134 Å². The zero-order valence-corrected chi connectivity index (χ0v) is 76.3. The number of methoxy groups -OCH3 is 6. The van der Waals surface area contributed by atoms with Gasteiger partial charge in [-0.2, -0.15) is 0 Å². The van der Waals surface area contributed by atoms with E-state index in [1.54, 1.807) is 156 Å². The quantitative estimate of drug-likeness (QED) is 0.0192. The molecule has 6 aromatic rings.